The number of amides is 1. The summed E-state index contributed by atoms with van der Waals surface area (Å²) in [4.78, 5) is 27.9. The van der Waals surface area contributed by atoms with Crippen molar-refractivity contribution in [2.24, 2.45) is 10.7 Å². The molecule has 0 radical (unpaired) electrons. The van der Waals surface area contributed by atoms with Crippen molar-refractivity contribution in [3.63, 3.8) is 0 Å². The Bertz CT molecular complexity index is 924. The van der Waals surface area contributed by atoms with Crippen LogP contribution in [-0.4, -0.2) is 60.3 Å². The van der Waals surface area contributed by atoms with Gasteiger partial charge < -0.3 is 25.8 Å². The second kappa shape index (κ2) is 10.3. The molecule has 1 fully saturated rings. The number of nitrogens with zero attached hydrogens (tertiary/aromatic N) is 5. The van der Waals surface area contributed by atoms with E-state index in [-0.39, 0.29) is 11.9 Å². The molecule has 172 valence electrons. The van der Waals surface area contributed by atoms with Gasteiger partial charge in [0.1, 0.15) is 23.2 Å². The Labute approximate surface area is 191 Å². The van der Waals surface area contributed by atoms with E-state index in [0.717, 1.165) is 49.9 Å². The minimum atomic E-state index is -0.0616. The highest BCUT2D eigenvalue weighted by atomic mass is 16.2. The number of rotatable bonds is 8. The van der Waals surface area contributed by atoms with Gasteiger partial charge in [0.15, 0.2) is 0 Å². The Balaban J connectivity index is 1.83. The van der Waals surface area contributed by atoms with E-state index in [1.165, 1.54) is 6.20 Å². The van der Waals surface area contributed by atoms with Crippen LogP contribution in [0.15, 0.2) is 59.3 Å². The number of carbonyl (C=O) groups is 1. The molecule has 3 N–H and O–H groups in total. The molecule has 0 aromatic carbocycles. The Kier molecular flexibility index (Phi) is 7.56. The van der Waals surface area contributed by atoms with E-state index in [0.29, 0.717) is 23.2 Å². The van der Waals surface area contributed by atoms with Gasteiger partial charge in [-0.2, -0.15) is 0 Å². The molecule has 2 aliphatic rings. The Morgan fingerprint density at radius 3 is 2.62 bits per heavy atom. The third-order valence-corrected chi connectivity index (χ3v) is 5.79. The first-order chi connectivity index (χ1) is 15.3. The van der Waals surface area contributed by atoms with Gasteiger partial charge >= 0.3 is 0 Å². The molecule has 1 saturated carbocycles. The molecule has 2 heterocycles. The zero-order valence-corrected chi connectivity index (χ0v) is 19.6. The summed E-state index contributed by atoms with van der Waals surface area (Å²) < 4.78 is 0. The molecule has 8 heteroatoms. The summed E-state index contributed by atoms with van der Waals surface area (Å²) in [5.74, 6) is 1.69. The van der Waals surface area contributed by atoms with Crippen LogP contribution in [0.2, 0.25) is 0 Å². The first-order valence-corrected chi connectivity index (χ1v) is 11.2. The first kappa shape index (κ1) is 23.4. The highest BCUT2D eigenvalue weighted by molar-refractivity contribution is 6.12. The molecule has 1 aromatic heterocycles. The van der Waals surface area contributed by atoms with Crippen LogP contribution in [0.1, 0.15) is 39.0 Å². The van der Waals surface area contributed by atoms with Crippen molar-refractivity contribution < 1.29 is 4.79 Å². The van der Waals surface area contributed by atoms with Crippen molar-refractivity contribution in [1.29, 1.82) is 0 Å². The molecule has 0 spiro atoms. The fourth-order valence-corrected chi connectivity index (χ4v) is 4.16. The molecular formula is C24H35N7O. The number of hydrogen-bond donors (Lipinski definition) is 2. The number of carbonyl (C=O) groups excluding carboxylic acids is 1. The van der Waals surface area contributed by atoms with Crippen LogP contribution in [0.5, 0.6) is 0 Å². The number of nitrogens with two attached hydrogens (primary N) is 1. The minimum Gasteiger partial charge on any atom is -0.404 e. The van der Waals surface area contributed by atoms with Crippen molar-refractivity contribution >= 4 is 23.2 Å². The Hall–Kier alpha value is -3.29. The lowest BCUT2D eigenvalue weighted by atomic mass is 10.2. The summed E-state index contributed by atoms with van der Waals surface area (Å²) >= 11 is 0. The fraction of sp³-hybridized carbons (Fsp3) is 0.458. The van der Waals surface area contributed by atoms with Gasteiger partial charge in [-0.3, -0.25) is 4.79 Å². The molecular weight excluding hydrogens is 402 g/mol. The monoisotopic (exact) mass is 437 g/mol. The summed E-state index contributed by atoms with van der Waals surface area (Å²) in [6.45, 7) is 7.20. The smallest absolute Gasteiger partial charge is 0.270 e. The van der Waals surface area contributed by atoms with Crippen LogP contribution < -0.4 is 16.0 Å². The van der Waals surface area contributed by atoms with Crippen LogP contribution in [0.4, 0.5) is 11.5 Å². The van der Waals surface area contributed by atoms with Crippen molar-refractivity contribution in [1.82, 2.24) is 14.8 Å². The number of pyridine rings is 1. The average Bonchev–Trinajstić information content (AvgIpc) is 3.41. The summed E-state index contributed by atoms with van der Waals surface area (Å²) in [7, 11) is 5.56. The standard InChI is InChI=1S/C24H35N7O/c1-6-13-30(5)20-11-12-22(26-16-20)27-17(2)28-23-18(15-25)14-21(24(32)29(3)4)31(23)19-9-7-8-10-19/h11-12,14-16,19H,2,6-10,13,25H2,1,3-5H3,(H,26,27)/b18-15-,28-23+. The highest BCUT2D eigenvalue weighted by Gasteiger charge is 2.37. The molecule has 0 saturated heterocycles. The van der Waals surface area contributed by atoms with Crippen LogP contribution in [0, 0.1) is 0 Å². The lowest BCUT2D eigenvalue weighted by molar-refractivity contribution is -0.126. The van der Waals surface area contributed by atoms with E-state index in [2.05, 4.69) is 35.8 Å². The van der Waals surface area contributed by atoms with Crippen molar-refractivity contribution in [2.45, 2.75) is 45.1 Å². The zero-order valence-electron chi connectivity index (χ0n) is 19.6. The molecule has 0 unspecified atom stereocenters. The molecule has 1 amide bonds. The summed E-state index contributed by atoms with van der Waals surface area (Å²) in [5.41, 5.74) is 8.29. The maximum atomic E-state index is 12.9. The summed E-state index contributed by atoms with van der Waals surface area (Å²) in [6.07, 6.45) is 10.5. The summed E-state index contributed by atoms with van der Waals surface area (Å²) in [6, 6.07) is 4.15. The van der Waals surface area contributed by atoms with Crippen LogP contribution in [-0.2, 0) is 4.79 Å². The maximum Gasteiger partial charge on any atom is 0.270 e. The lowest BCUT2D eigenvalue weighted by Gasteiger charge is -2.30. The van der Waals surface area contributed by atoms with Crippen molar-refractivity contribution in [3.05, 3.63) is 54.3 Å². The van der Waals surface area contributed by atoms with Crippen molar-refractivity contribution in [3.8, 4) is 0 Å². The number of amidine groups is 1. The summed E-state index contributed by atoms with van der Waals surface area (Å²) in [5, 5.41) is 3.16. The zero-order chi connectivity index (χ0) is 23.3. The number of nitrogens with one attached hydrogen (secondary N) is 1. The largest absolute Gasteiger partial charge is 0.404 e. The molecule has 3 rings (SSSR count). The van der Waals surface area contributed by atoms with E-state index in [4.69, 9.17) is 10.7 Å². The van der Waals surface area contributed by atoms with Gasteiger partial charge in [0.2, 0.25) is 0 Å². The number of aromatic nitrogens is 1. The van der Waals surface area contributed by atoms with Crippen LogP contribution >= 0.6 is 0 Å². The predicted molar refractivity (Wildman–Crippen MR) is 131 cm³/mol. The molecule has 1 aromatic rings. The number of hydrogen-bond acceptors (Lipinski definition) is 6. The van der Waals surface area contributed by atoms with Crippen LogP contribution in [0.3, 0.4) is 0 Å². The van der Waals surface area contributed by atoms with Gasteiger partial charge in [-0.15, -0.1) is 0 Å². The van der Waals surface area contributed by atoms with Gasteiger partial charge in [-0.05, 0) is 37.5 Å². The second-order valence-corrected chi connectivity index (χ2v) is 8.49. The molecule has 32 heavy (non-hydrogen) atoms. The van der Waals surface area contributed by atoms with Gasteiger partial charge in [-0.1, -0.05) is 26.3 Å². The van der Waals surface area contributed by atoms with E-state index >= 15 is 0 Å². The average molecular weight is 438 g/mol. The molecule has 0 atom stereocenters. The topological polar surface area (TPSA) is 90.1 Å². The molecule has 1 aliphatic heterocycles. The minimum absolute atomic E-state index is 0.0616. The Morgan fingerprint density at radius 2 is 2.06 bits per heavy atom. The second-order valence-electron chi connectivity index (χ2n) is 8.49. The Morgan fingerprint density at radius 1 is 1.34 bits per heavy atom. The maximum absolute atomic E-state index is 12.9. The SMILES string of the molecule is C=C(/N=C1\C(=C/N)C=C(C(=O)N(C)C)N1C1CCCC1)Nc1ccc(N(C)CCC)cn1. The van der Waals surface area contributed by atoms with E-state index in [1.54, 1.807) is 19.0 Å². The number of likely N-dealkylation sites (N-methyl/N-ethyl adjacent to an activating group) is 1. The highest BCUT2D eigenvalue weighted by Crippen LogP contribution is 2.34. The van der Waals surface area contributed by atoms with E-state index < -0.39 is 0 Å². The molecule has 8 nitrogen and oxygen atoms in total. The number of aliphatic imine (C=N–C) groups is 1. The van der Waals surface area contributed by atoms with E-state index in [9.17, 15) is 4.79 Å². The van der Waals surface area contributed by atoms with E-state index in [1.807, 2.05) is 29.3 Å². The van der Waals surface area contributed by atoms with Crippen LogP contribution in [0.25, 0.3) is 0 Å². The fourth-order valence-electron chi connectivity index (χ4n) is 4.16. The normalized spacial score (nSPS) is 18.9. The lowest BCUT2D eigenvalue weighted by Crippen LogP contribution is -2.40. The molecule has 0 bridgehead atoms. The predicted octanol–water partition coefficient (Wildman–Crippen LogP) is 3.28. The number of anilines is 2. The van der Waals surface area contributed by atoms with Gasteiger partial charge in [-0.25, -0.2) is 9.98 Å². The first-order valence-electron chi connectivity index (χ1n) is 11.2. The van der Waals surface area contributed by atoms with Crippen molar-refractivity contribution in [2.75, 3.05) is 37.9 Å². The molecule has 1 aliphatic carbocycles. The van der Waals surface area contributed by atoms with Gasteiger partial charge in [0.25, 0.3) is 5.91 Å². The third-order valence-electron chi connectivity index (χ3n) is 5.79. The quantitative estimate of drug-likeness (QED) is 0.649. The van der Waals surface area contributed by atoms with Gasteiger partial charge in [0.05, 0.1) is 11.9 Å². The third kappa shape index (κ3) is 5.12. The van der Waals surface area contributed by atoms with Gasteiger partial charge in [0, 0.05) is 45.5 Å².